The Balaban J connectivity index is 2.65. The van der Waals surface area contributed by atoms with Gasteiger partial charge in [0.15, 0.2) is 0 Å². The van der Waals surface area contributed by atoms with Crippen molar-refractivity contribution in [3.05, 3.63) is 0 Å². The van der Waals surface area contributed by atoms with Crippen molar-refractivity contribution in [1.82, 2.24) is 9.80 Å². The molecule has 1 saturated heterocycles. The Bertz CT molecular complexity index is 270. The third kappa shape index (κ3) is 4.24. The maximum absolute atomic E-state index is 12.3. The molecule has 0 aromatic carbocycles. The highest BCUT2D eigenvalue weighted by atomic mass is 16.2. The smallest absolute Gasteiger partial charge is 0.320 e. The third-order valence-corrected chi connectivity index (χ3v) is 3.09. The molecule has 1 aliphatic heterocycles. The molecular weight excluding hydrogens is 216 g/mol. The molecule has 0 radical (unpaired) electrons. The van der Waals surface area contributed by atoms with Gasteiger partial charge in [0.25, 0.3) is 0 Å². The number of nitrogens with one attached hydrogen (secondary N) is 1. The van der Waals surface area contributed by atoms with Crippen LogP contribution < -0.4 is 5.73 Å². The summed E-state index contributed by atoms with van der Waals surface area (Å²) in [5.74, 6) is 0.0434. The number of urea groups is 1. The van der Waals surface area contributed by atoms with Gasteiger partial charge in [-0.25, -0.2) is 4.79 Å². The third-order valence-electron chi connectivity index (χ3n) is 3.09. The SMILES string of the molecule is CC(C)N(CC(=N)N)C(=O)N1CCCCCC1. The average Bonchev–Trinajstić information content (AvgIpc) is 2.52. The number of hydrogen-bond donors (Lipinski definition) is 2. The van der Waals surface area contributed by atoms with E-state index in [2.05, 4.69) is 0 Å². The molecule has 1 aliphatic rings. The van der Waals surface area contributed by atoms with E-state index >= 15 is 0 Å². The van der Waals surface area contributed by atoms with Gasteiger partial charge in [-0.1, -0.05) is 12.8 Å². The number of nitrogens with zero attached hydrogens (tertiary/aromatic N) is 2. The van der Waals surface area contributed by atoms with Crippen LogP contribution in [-0.4, -0.2) is 47.3 Å². The molecule has 0 spiro atoms. The number of hydrogen-bond acceptors (Lipinski definition) is 2. The number of carbonyl (C=O) groups excluding carboxylic acids is 1. The molecular formula is C12H24N4O. The zero-order valence-electron chi connectivity index (χ0n) is 10.9. The fourth-order valence-electron chi connectivity index (χ4n) is 2.10. The first-order valence-corrected chi connectivity index (χ1v) is 6.41. The summed E-state index contributed by atoms with van der Waals surface area (Å²) in [5, 5.41) is 7.33. The normalized spacial score (nSPS) is 16.8. The molecule has 0 aromatic heterocycles. The number of amidine groups is 1. The van der Waals surface area contributed by atoms with Crippen LogP contribution in [0.1, 0.15) is 39.5 Å². The second-order valence-electron chi connectivity index (χ2n) is 4.93. The van der Waals surface area contributed by atoms with Crippen LogP contribution in [0.4, 0.5) is 4.79 Å². The second-order valence-corrected chi connectivity index (χ2v) is 4.93. The summed E-state index contributed by atoms with van der Waals surface area (Å²) in [6.07, 6.45) is 4.58. The van der Waals surface area contributed by atoms with Gasteiger partial charge in [0, 0.05) is 19.1 Å². The van der Waals surface area contributed by atoms with Crippen molar-refractivity contribution >= 4 is 11.9 Å². The number of amides is 2. The van der Waals surface area contributed by atoms with Gasteiger partial charge < -0.3 is 15.5 Å². The highest BCUT2D eigenvalue weighted by molar-refractivity contribution is 5.84. The van der Waals surface area contributed by atoms with E-state index in [0.717, 1.165) is 25.9 Å². The summed E-state index contributed by atoms with van der Waals surface area (Å²) in [6, 6.07) is 0.103. The van der Waals surface area contributed by atoms with E-state index in [4.69, 9.17) is 11.1 Å². The van der Waals surface area contributed by atoms with Crippen molar-refractivity contribution in [1.29, 1.82) is 5.41 Å². The molecule has 0 saturated carbocycles. The highest BCUT2D eigenvalue weighted by Crippen LogP contribution is 2.13. The van der Waals surface area contributed by atoms with E-state index in [-0.39, 0.29) is 24.5 Å². The van der Waals surface area contributed by atoms with E-state index in [1.54, 1.807) is 4.90 Å². The van der Waals surface area contributed by atoms with Gasteiger partial charge in [-0.3, -0.25) is 5.41 Å². The minimum atomic E-state index is 0.0251. The molecule has 0 aliphatic carbocycles. The van der Waals surface area contributed by atoms with Crippen molar-refractivity contribution in [2.75, 3.05) is 19.6 Å². The Morgan fingerprint density at radius 2 is 1.82 bits per heavy atom. The first-order chi connectivity index (χ1) is 8.02. The topological polar surface area (TPSA) is 73.4 Å². The molecule has 0 aromatic rings. The lowest BCUT2D eigenvalue weighted by Crippen LogP contribution is -2.49. The van der Waals surface area contributed by atoms with Gasteiger partial charge in [0.1, 0.15) is 5.84 Å². The Labute approximate surface area is 103 Å². The minimum absolute atomic E-state index is 0.0251. The summed E-state index contributed by atoms with van der Waals surface area (Å²) in [6.45, 7) is 5.81. The fraction of sp³-hybridized carbons (Fsp3) is 0.833. The second kappa shape index (κ2) is 6.47. The van der Waals surface area contributed by atoms with Crippen molar-refractivity contribution in [2.45, 2.75) is 45.6 Å². The first kappa shape index (κ1) is 13.8. The lowest BCUT2D eigenvalue weighted by Gasteiger charge is -2.32. The predicted octanol–water partition coefficient (Wildman–Crippen LogP) is 1.63. The van der Waals surface area contributed by atoms with Gasteiger partial charge in [0.2, 0.25) is 0 Å². The minimum Gasteiger partial charge on any atom is -0.386 e. The molecule has 0 atom stereocenters. The van der Waals surface area contributed by atoms with Crippen molar-refractivity contribution in [2.24, 2.45) is 5.73 Å². The summed E-state index contributed by atoms with van der Waals surface area (Å²) in [4.78, 5) is 15.9. The first-order valence-electron chi connectivity index (χ1n) is 6.41. The molecule has 98 valence electrons. The molecule has 3 N–H and O–H groups in total. The molecule has 2 amide bonds. The van der Waals surface area contributed by atoms with E-state index in [9.17, 15) is 4.79 Å². The molecule has 5 heteroatoms. The predicted molar refractivity (Wildman–Crippen MR) is 69.2 cm³/mol. The van der Waals surface area contributed by atoms with Crippen LogP contribution in [0.2, 0.25) is 0 Å². The molecule has 0 bridgehead atoms. The van der Waals surface area contributed by atoms with Crippen LogP contribution in [0.3, 0.4) is 0 Å². The number of likely N-dealkylation sites (tertiary alicyclic amines) is 1. The van der Waals surface area contributed by atoms with Crippen LogP contribution in [-0.2, 0) is 0 Å². The average molecular weight is 240 g/mol. The molecule has 1 heterocycles. The largest absolute Gasteiger partial charge is 0.386 e. The van der Waals surface area contributed by atoms with Crippen LogP contribution in [0.25, 0.3) is 0 Å². The van der Waals surface area contributed by atoms with Crippen LogP contribution in [0.5, 0.6) is 0 Å². The summed E-state index contributed by atoms with van der Waals surface area (Å²) < 4.78 is 0. The summed E-state index contributed by atoms with van der Waals surface area (Å²) in [5.41, 5.74) is 5.40. The zero-order valence-corrected chi connectivity index (χ0v) is 10.9. The van der Waals surface area contributed by atoms with Crippen LogP contribution in [0.15, 0.2) is 0 Å². The van der Waals surface area contributed by atoms with E-state index in [1.165, 1.54) is 12.8 Å². The van der Waals surface area contributed by atoms with Gasteiger partial charge >= 0.3 is 6.03 Å². The lowest BCUT2D eigenvalue weighted by atomic mass is 10.2. The Morgan fingerprint density at radius 1 is 1.29 bits per heavy atom. The van der Waals surface area contributed by atoms with E-state index in [1.807, 2.05) is 18.7 Å². The summed E-state index contributed by atoms with van der Waals surface area (Å²) >= 11 is 0. The van der Waals surface area contributed by atoms with E-state index < -0.39 is 0 Å². The fourth-order valence-corrected chi connectivity index (χ4v) is 2.10. The van der Waals surface area contributed by atoms with Crippen molar-refractivity contribution < 1.29 is 4.79 Å². The molecule has 17 heavy (non-hydrogen) atoms. The molecule has 1 rings (SSSR count). The van der Waals surface area contributed by atoms with Gasteiger partial charge in [-0.15, -0.1) is 0 Å². The maximum atomic E-state index is 12.3. The number of carbonyl (C=O) groups is 1. The molecule has 1 fully saturated rings. The van der Waals surface area contributed by atoms with Crippen molar-refractivity contribution in [3.8, 4) is 0 Å². The lowest BCUT2D eigenvalue weighted by molar-refractivity contribution is 0.149. The Morgan fingerprint density at radius 3 is 2.24 bits per heavy atom. The van der Waals surface area contributed by atoms with Crippen LogP contribution in [0, 0.1) is 5.41 Å². The summed E-state index contributed by atoms with van der Waals surface area (Å²) in [7, 11) is 0. The number of rotatable bonds is 3. The monoisotopic (exact) mass is 240 g/mol. The zero-order chi connectivity index (χ0) is 12.8. The quantitative estimate of drug-likeness (QED) is 0.581. The Kier molecular flexibility index (Phi) is 5.25. The highest BCUT2D eigenvalue weighted by Gasteiger charge is 2.24. The van der Waals surface area contributed by atoms with Crippen molar-refractivity contribution in [3.63, 3.8) is 0 Å². The standard InChI is InChI=1S/C12H24N4O/c1-10(2)16(9-11(13)14)12(17)15-7-5-3-4-6-8-15/h10H,3-9H2,1-2H3,(H3,13,14). The maximum Gasteiger partial charge on any atom is 0.320 e. The molecule has 5 nitrogen and oxygen atoms in total. The number of nitrogens with two attached hydrogens (primary N) is 1. The van der Waals surface area contributed by atoms with Gasteiger partial charge in [-0.2, -0.15) is 0 Å². The van der Waals surface area contributed by atoms with E-state index in [0.29, 0.717) is 0 Å². The van der Waals surface area contributed by atoms with Gasteiger partial charge in [0.05, 0.1) is 6.54 Å². The van der Waals surface area contributed by atoms with Crippen LogP contribution >= 0.6 is 0 Å². The Hall–Kier alpha value is -1.26. The molecule has 0 unspecified atom stereocenters. The van der Waals surface area contributed by atoms with Gasteiger partial charge in [-0.05, 0) is 26.7 Å².